The second kappa shape index (κ2) is 53.7. The second-order valence-corrected chi connectivity index (χ2v) is 23.6. The van der Waals surface area contributed by atoms with E-state index < -0.39 is 80.7 Å². The number of rotatable bonds is 56. The number of hydrogen-bond acceptors (Lipinski definition) is 14. The number of aliphatic hydroxyl groups is 7. The zero-order chi connectivity index (χ0) is 58.6. The average molecular weight is 1150 g/mol. The van der Waals surface area contributed by atoms with Crippen LogP contribution in [0.4, 0.5) is 0 Å². The Morgan fingerprint density at radius 2 is 0.765 bits per heavy atom. The van der Waals surface area contributed by atoms with Gasteiger partial charge in [-0.3, -0.25) is 4.79 Å². The summed E-state index contributed by atoms with van der Waals surface area (Å²) in [5.41, 5.74) is 0. The molecule has 0 spiro atoms. The van der Waals surface area contributed by atoms with Crippen LogP contribution in [0.1, 0.15) is 284 Å². The van der Waals surface area contributed by atoms with E-state index in [4.69, 9.17) is 28.4 Å². The van der Waals surface area contributed by atoms with Crippen molar-refractivity contribution in [2.75, 3.05) is 33.0 Å². The van der Waals surface area contributed by atoms with Gasteiger partial charge < -0.3 is 64.2 Å². The number of carbonyl (C=O) groups is 1. The van der Waals surface area contributed by atoms with Gasteiger partial charge in [0.2, 0.25) is 0 Å². The minimum atomic E-state index is -1.71. The zero-order valence-electron chi connectivity index (χ0n) is 51.5. The van der Waals surface area contributed by atoms with Crippen LogP contribution in [0.25, 0.3) is 0 Å². The van der Waals surface area contributed by atoms with Crippen LogP contribution >= 0.6 is 0 Å². The number of esters is 1. The van der Waals surface area contributed by atoms with E-state index in [2.05, 4.69) is 50.3 Å². The summed E-state index contributed by atoms with van der Waals surface area (Å²) in [7, 11) is 0. The van der Waals surface area contributed by atoms with Gasteiger partial charge in [-0.15, -0.1) is 0 Å². The van der Waals surface area contributed by atoms with Crippen LogP contribution in [0, 0.1) is 0 Å². The van der Waals surface area contributed by atoms with E-state index in [-0.39, 0.29) is 25.6 Å². The quantitative estimate of drug-likeness (QED) is 0.0171. The Bertz CT molecular complexity index is 1480. The summed E-state index contributed by atoms with van der Waals surface area (Å²) in [5, 5.41) is 72.6. The monoisotopic (exact) mass is 1150 g/mol. The number of aliphatic hydroxyl groups excluding tert-OH is 7. The molecule has 476 valence electrons. The molecule has 0 saturated carbocycles. The molecule has 2 saturated heterocycles. The third-order valence-corrected chi connectivity index (χ3v) is 16.1. The Morgan fingerprint density at radius 1 is 0.407 bits per heavy atom. The molecule has 11 unspecified atom stereocenters. The summed E-state index contributed by atoms with van der Waals surface area (Å²) in [6, 6.07) is 0. The van der Waals surface area contributed by atoms with Crippen molar-refractivity contribution >= 4 is 5.97 Å². The molecule has 81 heavy (non-hydrogen) atoms. The first kappa shape index (κ1) is 75.3. The Labute approximate surface area is 493 Å². The van der Waals surface area contributed by atoms with Crippen molar-refractivity contribution in [3.8, 4) is 0 Å². The average Bonchev–Trinajstić information content (AvgIpc) is 3.57. The molecule has 2 aliphatic rings. The maximum Gasteiger partial charge on any atom is 0.306 e. The lowest BCUT2D eigenvalue weighted by Gasteiger charge is -2.42. The Morgan fingerprint density at radius 3 is 1.20 bits per heavy atom. The minimum Gasteiger partial charge on any atom is -0.457 e. The minimum absolute atomic E-state index is 0.0621. The third-order valence-electron chi connectivity index (χ3n) is 16.1. The molecule has 2 rings (SSSR count). The molecule has 0 bridgehead atoms. The van der Waals surface area contributed by atoms with Crippen LogP contribution < -0.4 is 0 Å². The molecule has 0 aliphatic carbocycles. The fraction of sp³-hybridized carbons (Fsp3) is 0.896. The molecule has 11 atom stereocenters. The SMILES string of the molecule is CCCCCCC/C=C\C/C=C\CCCCCCCCCCCCOCC(COC1OC(COC2OC(CO)C(O)C(O)C2O)C(O)C(O)C1O)OC(=O)CCCCCCCCCCCCCCC/C=C\CCCCCCCCCC. The van der Waals surface area contributed by atoms with Gasteiger partial charge in [-0.1, -0.05) is 243 Å². The van der Waals surface area contributed by atoms with Gasteiger partial charge in [0.1, 0.15) is 54.9 Å². The first-order valence-corrected chi connectivity index (χ1v) is 33.6. The van der Waals surface area contributed by atoms with Crippen molar-refractivity contribution in [1.29, 1.82) is 0 Å². The van der Waals surface area contributed by atoms with Crippen molar-refractivity contribution in [2.24, 2.45) is 0 Å². The third kappa shape index (κ3) is 39.5. The standard InChI is InChI=1S/C67H124O14/c1-3-5-7-9-11-13-15-17-19-21-23-25-27-28-29-30-32-34-36-38-40-42-44-46-48-50-59(69)79-56(53-76-51-49-47-45-43-41-39-37-35-33-31-26-24-22-20-18-16-14-12-10-8-6-4-2)54-77-66-65(75)63(73)61(71)58(81-66)55-78-67-64(74)62(72)60(70)57(52-68)80-67/h16,18,21-24,56-58,60-68,70-75H,3-15,17,19-20,25-55H2,1-2H3/b18-16-,23-21-,24-22-. The summed E-state index contributed by atoms with van der Waals surface area (Å²) < 4.78 is 34.5. The van der Waals surface area contributed by atoms with Gasteiger partial charge in [-0.2, -0.15) is 0 Å². The smallest absolute Gasteiger partial charge is 0.306 e. The molecule has 0 aromatic rings. The number of ether oxygens (including phenoxy) is 6. The zero-order valence-corrected chi connectivity index (χ0v) is 51.5. The van der Waals surface area contributed by atoms with E-state index in [0.717, 1.165) is 44.9 Å². The van der Waals surface area contributed by atoms with Gasteiger partial charge in [0.15, 0.2) is 12.6 Å². The number of carbonyl (C=O) groups excluding carboxylic acids is 1. The van der Waals surface area contributed by atoms with Crippen LogP contribution in [-0.4, -0.2) is 142 Å². The van der Waals surface area contributed by atoms with E-state index >= 15 is 0 Å². The first-order valence-electron chi connectivity index (χ1n) is 33.6. The highest BCUT2D eigenvalue weighted by Gasteiger charge is 2.47. The molecule has 0 radical (unpaired) electrons. The van der Waals surface area contributed by atoms with E-state index in [0.29, 0.717) is 13.0 Å². The van der Waals surface area contributed by atoms with Crippen LogP contribution in [-0.2, 0) is 33.2 Å². The Balaban J connectivity index is 1.65. The predicted molar refractivity (Wildman–Crippen MR) is 326 cm³/mol. The first-order chi connectivity index (χ1) is 39.6. The normalized spacial score (nSPS) is 23.9. The number of unbranched alkanes of at least 4 members (excludes halogenated alkanes) is 36. The summed E-state index contributed by atoms with van der Waals surface area (Å²) in [4.78, 5) is 13.1. The van der Waals surface area contributed by atoms with Gasteiger partial charge in [-0.25, -0.2) is 0 Å². The van der Waals surface area contributed by atoms with E-state index in [1.165, 1.54) is 212 Å². The molecule has 0 aromatic carbocycles. The number of allylic oxidation sites excluding steroid dienone is 6. The van der Waals surface area contributed by atoms with Crippen molar-refractivity contribution in [3.05, 3.63) is 36.5 Å². The lowest BCUT2D eigenvalue weighted by molar-refractivity contribution is -0.332. The molecule has 2 fully saturated rings. The summed E-state index contributed by atoms with van der Waals surface area (Å²) in [5.74, 6) is -0.372. The molecule has 0 aromatic heterocycles. The highest BCUT2D eigenvalue weighted by atomic mass is 16.7. The fourth-order valence-corrected chi connectivity index (χ4v) is 10.7. The molecular weight excluding hydrogens is 1030 g/mol. The fourth-order valence-electron chi connectivity index (χ4n) is 10.7. The summed E-state index contributed by atoms with van der Waals surface area (Å²) >= 11 is 0. The van der Waals surface area contributed by atoms with Crippen LogP contribution in [0.15, 0.2) is 36.5 Å². The van der Waals surface area contributed by atoms with Crippen molar-refractivity contribution in [2.45, 2.75) is 351 Å². The topological polar surface area (TPSA) is 214 Å². The highest BCUT2D eigenvalue weighted by Crippen LogP contribution is 2.27. The van der Waals surface area contributed by atoms with Gasteiger partial charge in [0.05, 0.1) is 26.4 Å². The molecule has 14 nitrogen and oxygen atoms in total. The van der Waals surface area contributed by atoms with Crippen molar-refractivity contribution in [3.63, 3.8) is 0 Å². The van der Waals surface area contributed by atoms with Crippen LogP contribution in [0.3, 0.4) is 0 Å². The lowest BCUT2D eigenvalue weighted by Crippen LogP contribution is -2.61. The molecule has 2 aliphatic heterocycles. The molecule has 2 heterocycles. The van der Waals surface area contributed by atoms with Gasteiger partial charge in [-0.05, 0) is 70.6 Å². The maximum absolute atomic E-state index is 13.1. The largest absolute Gasteiger partial charge is 0.457 e. The Kier molecular flexibility index (Phi) is 49.9. The maximum atomic E-state index is 13.1. The second-order valence-electron chi connectivity index (χ2n) is 23.6. The van der Waals surface area contributed by atoms with Crippen LogP contribution in [0.2, 0.25) is 0 Å². The van der Waals surface area contributed by atoms with Crippen molar-refractivity contribution in [1.82, 2.24) is 0 Å². The van der Waals surface area contributed by atoms with E-state index in [9.17, 15) is 40.5 Å². The van der Waals surface area contributed by atoms with Crippen molar-refractivity contribution < 1.29 is 69.0 Å². The lowest BCUT2D eigenvalue weighted by atomic mass is 9.98. The highest BCUT2D eigenvalue weighted by molar-refractivity contribution is 5.69. The van der Waals surface area contributed by atoms with Gasteiger partial charge in [0.25, 0.3) is 0 Å². The summed E-state index contributed by atoms with van der Waals surface area (Å²) in [6.07, 6.45) is 49.3. The Hall–Kier alpha value is -1.79. The van der Waals surface area contributed by atoms with Gasteiger partial charge >= 0.3 is 5.97 Å². The van der Waals surface area contributed by atoms with E-state index in [1.54, 1.807) is 0 Å². The molecule has 14 heteroatoms. The van der Waals surface area contributed by atoms with E-state index in [1.807, 2.05) is 0 Å². The molecule has 7 N–H and O–H groups in total. The molecule has 0 amide bonds. The summed E-state index contributed by atoms with van der Waals surface area (Å²) in [6.45, 7) is 3.73. The molecular formula is C67H124O14. The van der Waals surface area contributed by atoms with Crippen LogP contribution in [0.5, 0.6) is 0 Å². The predicted octanol–water partition coefficient (Wildman–Crippen LogP) is 13.6. The number of hydrogen-bond donors (Lipinski definition) is 7. The van der Waals surface area contributed by atoms with Gasteiger partial charge in [0, 0.05) is 13.0 Å².